The van der Waals surface area contributed by atoms with Gasteiger partial charge in [-0.05, 0) is 19.4 Å². The van der Waals surface area contributed by atoms with Crippen molar-refractivity contribution in [3.05, 3.63) is 35.9 Å². The maximum absolute atomic E-state index is 12.3. The van der Waals surface area contributed by atoms with E-state index in [1.165, 1.54) is 0 Å². The van der Waals surface area contributed by atoms with E-state index in [0.29, 0.717) is 5.56 Å². The van der Waals surface area contributed by atoms with Gasteiger partial charge in [-0.2, -0.15) is 13.2 Å². The minimum Gasteiger partial charge on any atom is -0.461 e. The van der Waals surface area contributed by atoms with E-state index in [-0.39, 0.29) is 6.42 Å². The van der Waals surface area contributed by atoms with E-state index >= 15 is 0 Å². The molecule has 21 heavy (non-hydrogen) atoms. The van der Waals surface area contributed by atoms with E-state index < -0.39 is 30.2 Å². The number of hydrogen-bond donors (Lipinski definition) is 1. The zero-order valence-electron chi connectivity index (χ0n) is 11.6. The molecule has 0 bridgehead atoms. The average molecular weight is 303 g/mol. The fraction of sp³-hybridized carbons (Fsp3) is 0.429. The Balaban J connectivity index is 2.84. The first kappa shape index (κ1) is 17.0. The molecular weight excluding hydrogens is 287 g/mol. The van der Waals surface area contributed by atoms with Gasteiger partial charge in [-0.1, -0.05) is 30.3 Å². The monoisotopic (exact) mass is 303 g/mol. The summed E-state index contributed by atoms with van der Waals surface area (Å²) in [4.78, 5) is 22.8. The van der Waals surface area contributed by atoms with Crippen LogP contribution >= 0.6 is 0 Å². The number of ether oxygens (including phenoxy) is 1. The Kier molecular flexibility index (Phi) is 5.75. The summed E-state index contributed by atoms with van der Waals surface area (Å²) in [6.45, 7) is 3.14. The molecule has 1 atom stereocenters. The van der Waals surface area contributed by atoms with E-state index in [1.54, 1.807) is 49.5 Å². The Labute approximate surface area is 120 Å². The van der Waals surface area contributed by atoms with E-state index in [0.717, 1.165) is 0 Å². The van der Waals surface area contributed by atoms with Crippen molar-refractivity contribution in [2.24, 2.45) is 0 Å². The molecule has 0 fully saturated rings. The zero-order chi connectivity index (χ0) is 16.0. The van der Waals surface area contributed by atoms with Crippen LogP contribution < -0.4 is 5.32 Å². The molecule has 116 valence electrons. The molecule has 0 spiro atoms. The minimum atomic E-state index is -5.05. The van der Waals surface area contributed by atoms with Crippen LogP contribution in [0.5, 0.6) is 0 Å². The Morgan fingerprint density at radius 1 is 1.19 bits per heavy atom. The quantitative estimate of drug-likeness (QED) is 0.849. The first-order chi connectivity index (χ1) is 9.70. The summed E-state index contributed by atoms with van der Waals surface area (Å²) in [6.07, 6.45) is -5.61. The summed E-state index contributed by atoms with van der Waals surface area (Å²) in [6, 6.07) is 7.02. The van der Waals surface area contributed by atoms with Crippen molar-refractivity contribution in [2.45, 2.75) is 38.6 Å². The standard InChI is InChI=1S/C14H16F3NO3/c1-9(2)21-12(19)11(18-13(20)14(15,16)17)8-10-6-4-3-5-7-10/h3-7,9,11H,8H2,1-2H3,(H,18,20)/t11-/m0/s1. The molecule has 1 rings (SSSR count). The number of hydrogen-bond acceptors (Lipinski definition) is 3. The van der Waals surface area contributed by atoms with Crippen LogP contribution in [0.4, 0.5) is 13.2 Å². The van der Waals surface area contributed by atoms with Crippen molar-refractivity contribution in [3.8, 4) is 0 Å². The zero-order valence-corrected chi connectivity index (χ0v) is 11.6. The van der Waals surface area contributed by atoms with E-state index in [2.05, 4.69) is 0 Å². The number of carbonyl (C=O) groups excluding carboxylic acids is 2. The van der Waals surface area contributed by atoms with Crippen LogP contribution in [0.1, 0.15) is 19.4 Å². The largest absolute Gasteiger partial charge is 0.471 e. The summed E-state index contributed by atoms with van der Waals surface area (Å²) >= 11 is 0. The first-order valence-electron chi connectivity index (χ1n) is 6.32. The second-order valence-electron chi connectivity index (χ2n) is 4.70. The molecule has 1 aromatic rings. The Hall–Kier alpha value is -2.05. The van der Waals surface area contributed by atoms with Gasteiger partial charge in [-0.25, -0.2) is 4.79 Å². The highest BCUT2D eigenvalue weighted by Gasteiger charge is 2.41. The molecular formula is C14H16F3NO3. The highest BCUT2D eigenvalue weighted by Crippen LogP contribution is 2.15. The number of rotatable bonds is 5. The topological polar surface area (TPSA) is 55.4 Å². The van der Waals surface area contributed by atoms with Crippen LogP contribution in [0.3, 0.4) is 0 Å². The summed E-state index contributed by atoms with van der Waals surface area (Å²) in [5.74, 6) is -3.06. The summed E-state index contributed by atoms with van der Waals surface area (Å²) in [5.41, 5.74) is 0.616. The Morgan fingerprint density at radius 2 is 1.76 bits per heavy atom. The molecule has 0 unspecified atom stereocenters. The highest BCUT2D eigenvalue weighted by molar-refractivity contribution is 5.87. The van der Waals surface area contributed by atoms with Crippen LogP contribution in [0.25, 0.3) is 0 Å². The van der Waals surface area contributed by atoms with Gasteiger partial charge in [0.05, 0.1) is 6.10 Å². The molecule has 1 amide bonds. The normalized spacial score (nSPS) is 12.9. The van der Waals surface area contributed by atoms with Gasteiger partial charge in [-0.15, -0.1) is 0 Å². The number of amides is 1. The molecule has 0 saturated heterocycles. The lowest BCUT2D eigenvalue weighted by atomic mass is 10.1. The third-order valence-electron chi connectivity index (χ3n) is 2.48. The van der Waals surface area contributed by atoms with Crippen molar-refractivity contribution in [1.29, 1.82) is 0 Å². The third-order valence-corrected chi connectivity index (χ3v) is 2.48. The number of esters is 1. The molecule has 1 N–H and O–H groups in total. The lowest BCUT2D eigenvalue weighted by molar-refractivity contribution is -0.176. The molecule has 0 saturated carbocycles. The fourth-order valence-electron chi connectivity index (χ4n) is 1.60. The van der Waals surface area contributed by atoms with Crippen molar-refractivity contribution < 1.29 is 27.5 Å². The number of nitrogens with one attached hydrogen (secondary N) is 1. The smallest absolute Gasteiger partial charge is 0.461 e. The van der Waals surface area contributed by atoms with Crippen molar-refractivity contribution >= 4 is 11.9 Å². The lowest BCUT2D eigenvalue weighted by Crippen LogP contribution is -2.48. The van der Waals surface area contributed by atoms with Crippen LogP contribution in [-0.4, -0.2) is 30.2 Å². The van der Waals surface area contributed by atoms with Gasteiger partial charge in [-0.3, -0.25) is 4.79 Å². The predicted molar refractivity (Wildman–Crippen MR) is 69.4 cm³/mol. The van der Waals surface area contributed by atoms with Gasteiger partial charge in [0.25, 0.3) is 0 Å². The van der Waals surface area contributed by atoms with E-state index in [9.17, 15) is 22.8 Å². The van der Waals surface area contributed by atoms with Crippen molar-refractivity contribution in [2.75, 3.05) is 0 Å². The molecule has 0 heterocycles. The minimum absolute atomic E-state index is 0.0752. The van der Waals surface area contributed by atoms with Gasteiger partial charge in [0.15, 0.2) is 0 Å². The molecule has 0 aromatic heterocycles. The Bertz CT molecular complexity index is 486. The number of alkyl halides is 3. The number of halogens is 3. The van der Waals surface area contributed by atoms with Gasteiger partial charge in [0, 0.05) is 6.42 Å². The number of benzene rings is 1. The summed E-state index contributed by atoms with van der Waals surface area (Å²) in [5, 5.41) is 1.67. The molecule has 0 aliphatic carbocycles. The lowest BCUT2D eigenvalue weighted by Gasteiger charge is -2.20. The molecule has 7 heteroatoms. The number of carbonyl (C=O) groups is 2. The van der Waals surface area contributed by atoms with Crippen molar-refractivity contribution in [3.63, 3.8) is 0 Å². The maximum Gasteiger partial charge on any atom is 0.471 e. The molecule has 4 nitrogen and oxygen atoms in total. The highest BCUT2D eigenvalue weighted by atomic mass is 19.4. The molecule has 0 aliphatic heterocycles. The van der Waals surface area contributed by atoms with Gasteiger partial charge < -0.3 is 10.1 Å². The van der Waals surface area contributed by atoms with Gasteiger partial charge in [0.2, 0.25) is 0 Å². The van der Waals surface area contributed by atoms with Crippen LogP contribution in [0, 0.1) is 0 Å². The molecule has 0 radical (unpaired) electrons. The van der Waals surface area contributed by atoms with Gasteiger partial charge >= 0.3 is 18.1 Å². The predicted octanol–water partition coefficient (Wildman–Crippen LogP) is 2.23. The van der Waals surface area contributed by atoms with Crippen molar-refractivity contribution in [1.82, 2.24) is 5.32 Å². The Morgan fingerprint density at radius 3 is 2.24 bits per heavy atom. The van der Waals surface area contributed by atoms with Crippen LogP contribution in [0.2, 0.25) is 0 Å². The van der Waals surface area contributed by atoms with Crippen LogP contribution in [0.15, 0.2) is 30.3 Å². The van der Waals surface area contributed by atoms with E-state index in [4.69, 9.17) is 4.74 Å². The summed E-state index contributed by atoms with van der Waals surface area (Å²) in [7, 11) is 0. The molecule has 1 aromatic carbocycles. The molecule has 0 aliphatic rings. The second-order valence-corrected chi connectivity index (χ2v) is 4.70. The summed E-state index contributed by atoms with van der Waals surface area (Å²) < 4.78 is 41.8. The first-order valence-corrected chi connectivity index (χ1v) is 6.32. The third kappa shape index (κ3) is 5.85. The maximum atomic E-state index is 12.3. The van der Waals surface area contributed by atoms with Gasteiger partial charge in [0.1, 0.15) is 6.04 Å². The fourth-order valence-corrected chi connectivity index (χ4v) is 1.60. The van der Waals surface area contributed by atoms with Crippen LogP contribution in [-0.2, 0) is 20.7 Å². The van der Waals surface area contributed by atoms with E-state index in [1.807, 2.05) is 0 Å². The second kappa shape index (κ2) is 7.10. The SMILES string of the molecule is CC(C)OC(=O)[C@H](Cc1ccccc1)NC(=O)C(F)(F)F. The average Bonchev–Trinajstić information content (AvgIpc) is 2.37.